The number of ether oxygens (including phenoxy) is 1. The molecule has 1 aromatic rings. The monoisotopic (exact) mass is 240 g/mol. The maximum atomic E-state index is 6.33. The number of hydrogen-bond donors (Lipinski definition) is 1. The van der Waals surface area contributed by atoms with Crippen LogP contribution in [-0.4, -0.2) is 16.2 Å². The molecule has 0 bridgehead atoms. The molecule has 1 aliphatic rings. The number of rotatable bonds is 2. The first-order valence-electron chi connectivity index (χ1n) is 5.66. The topological polar surface area (TPSA) is 48.1 Å². The largest absolute Gasteiger partial charge is 0.369 e. The molecule has 0 amide bonds. The van der Waals surface area contributed by atoms with Gasteiger partial charge in [-0.1, -0.05) is 0 Å². The second-order valence-corrected chi connectivity index (χ2v) is 6.62. The maximum Gasteiger partial charge on any atom is 0.0794 e. The van der Waals surface area contributed by atoms with Gasteiger partial charge in [0.2, 0.25) is 0 Å². The number of nitrogens with zero attached hydrogens (tertiary/aromatic N) is 1. The van der Waals surface area contributed by atoms with E-state index in [2.05, 4.69) is 32.7 Å². The molecule has 2 heterocycles. The van der Waals surface area contributed by atoms with Gasteiger partial charge in [-0.2, -0.15) is 0 Å². The van der Waals surface area contributed by atoms with E-state index in [9.17, 15) is 0 Å². The number of thiazole rings is 1. The SMILES string of the molecule is CC1(C)CC(C(N)c2cncs2)C(C)(C)O1. The van der Waals surface area contributed by atoms with E-state index < -0.39 is 0 Å². The molecule has 1 saturated heterocycles. The lowest BCUT2D eigenvalue weighted by Crippen LogP contribution is -2.35. The van der Waals surface area contributed by atoms with E-state index >= 15 is 0 Å². The van der Waals surface area contributed by atoms with Crippen LogP contribution in [0.1, 0.15) is 45.0 Å². The molecule has 0 aliphatic carbocycles. The van der Waals surface area contributed by atoms with Crippen LogP contribution in [0, 0.1) is 5.92 Å². The Hall–Kier alpha value is -0.450. The number of aromatic nitrogens is 1. The molecule has 2 N–H and O–H groups in total. The summed E-state index contributed by atoms with van der Waals surface area (Å²) in [6.07, 6.45) is 2.87. The van der Waals surface area contributed by atoms with E-state index in [4.69, 9.17) is 10.5 Å². The standard InChI is InChI=1S/C12H20N2OS/c1-11(2)5-8(12(3,4)15-11)10(13)9-6-14-7-16-9/h6-8,10H,5,13H2,1-4H3. The summed E-state index contributed by atoms with van der Waals surface area (Å²) < 4.78 is 6.07. The second kappa shape index (κ2) is 3.79. The summed E-state index contributed by atoms with van der Waals surface area (Å²) in [5.74, 6) is 0.350. The molecule has 2 rings (SSSR count). The van der Waals surface area contributed by atoms with Crippen LogP contribution in [-0.2, 0) is 4.74 Å². The van der Waals surface area contributed by atoms with Crippen LogP contribution in [0.3, 0.4) is 0 Å². The molecule has 3 nitrogen and oxygen atoms in total. The zero-order valence-electron chi connectivity index (χ0n) is 10.4. The van der Waals surface area contributed by atoms with Crippen molar-refractivity contribution >= 4 is 11.3 Å². The Balaban J connectivity index is 2.22. The highest BCUT2D eigenvalue weighted by atomic mass is 32.1. The van der Waals surface area contributed by atoms with E-state index in [0.717, 1.165) is 11.3 Å². The normalized spacial score (nSPS) is 29.2. The fourth-order valence-electron chi connectivity index (χ4n) is 2.75. The van der Waals surface area contributed by atoms with Gasteiger partial charge in [-0.3, -0.25) is 4.98 Å². The summed E-state index contributed by atoms with van der Waals surface area (Å²) in [6, 6.07) is 0.0317. The zero-order chi connectivity index (χ0) is 12.0. The molecule has 1 aliphatic heterocycles. The van der Waals surface area contributed by atoms with Gasteiger partial charge >= 0.3 is 0 Å². The summed E-state index contributed by atoms with van der Waals surface area (Å²) in [5, 5.41) is 0. The first kappa shape index (κ1) is 12.0. The molecule has 0 aromatic carbocycles. The van der Waals surface area contributed by atoms with Crippen molar-refractivity contribution in [2.24, 2.45) is 11.7 Å². The smallest absolute Gasteiger partial charge is 0.0794 e. The van der Waals surface area contributed by atoms with Crippen molar-refractivity contribution in [1.29, 1.82) is 0 Å². The maximum absolute atomic E-state index is 6.33. The van der Waals surface area contributed by atoms with E-state index in [1.165, 1.54) is 0 Å². The van der Waals surface area contributed by atoms with Crippen molar-refractivity contribution in [3.05, 3.63) is 16.6 Å². The molecule has 1 fully saturated rings. The quantitative estimate of drug-likeness (QED) is 0.864. The molecule has 4 heteroatoms. The van der Waals surface area contributed by atoms with Crippen LogP contribution in [0.2, 0.25) is 0 Å². The molecule has 0 radical (unpaired) electrons. The zero-order valence-corrected chi connectivity index (χ0v) is 11.2. The Morgan fingerprint density at radius 1 is 1.50 bits per heavy atom. The summed E-state index contributed by atoms with van der Waals surface area (Å²) in [4.78, 5) is 5.25. The molecule has 0 saturated carbocycles. The van der Waals surface area contributed by atoms with Crippen LogP contribution in [0.25, 0.3) is 0 Å². The third-order valence-electron chi connectivity index (χ3n) is 3.36. The fraction of sp³-hybridized carbons (Fsp3) is 0.750. The van der Waals surface area contributed by atoms with Crippen LogP contribution in [0.5, 0.6) is 0 Å². The van der Waals surface area contributed by atoms with Crippen molar-refractivity contribution in [3.8, 4) is 0 Å². The molecule has 2 atom stereocenters. The summed E-state index contributed by atoms with van der Waals surface area (Å²) in [6.45, 7) is 8.53. The van der Waals surface area contributed by atoms with Gasteiger partial charge in [-0.25, -0.2) is 0 Å². The summed E-state index contributed by atoms with van der Waals surface area (Å²) >= 11 is 1.63. The van der Waals surface area contributed by atoms with Gasteiger partial charge in [0.1, 0.15) is 0 Å². The van der Waals surface area contributed by atoms with Crippen molar-refractivity contribution in [1.82, 2.24) is 4.98 Å². The lowest BCUT2D eigenvalue weighted by molar-refractivity contribution is -0.0766. The van der Waals surface area contributed by atoms with Crippen LogP contribution in [0.15, 0.2) is 11.7 Å². The third-order valence-corrected chi connectivity index (χ3v) is 4.23. The average molecular weight is 240 g/mol. The first-order chi connectivity index (χ1) is 7.32. The highest BCUT2D eigenvalue weighted by Crippen LogP contribution is 2.47. The highest BCUT2D eigenvalue weighted by Gasteiger charge is 2.48. The van der Waals surface area contributed by atoms with Gasteiger partial charge in [0, 0.05) is 23.0 Å². The molecule has 1 aromatic heterocycles. The highest BCUT2D eigenvalue weighted by molar-refractivity contribution is 7.09. The molecule has 16 heavy (non-hydrogen) atoms. The predicted octanol–water partition coefficient (Wildman–Crippen LogP) is 2.74. The Kier molecular flexibility index (Phi) is 2.85. The minimum atomic E-state index is -0.160. The minimum absolute atomic E-state index is 0.0317. The predicted molar refractivity (Wildman–Crippen MR) is 66.4 cm³/mol. The Morgan fingerprint density at radius 3 is 2.62 bits per heavy atom. The Bertz CT molecular complexity index is 359. The minimum Gasteiger partial charge on any atom is -0.369 e. The Morgan fingerprint density at radius 2 is 2.19 bits per heavy atom. The Labute approximate surface area is 101 Å². The second-order valence-electron chi connectivity index (χ2n) is 5.71. The van der Waals surface area contributed by atoms with E-state index in [1.54, 1.807) is 11.3 Å². The van der Waals surface area contributed by atoms with Gasteiger partial charge < -0.3 is 10.5 Å². The average Bonchev–Trinajstić information content (AvgIpc) is 2.69. The van der Waals surface area contributed by atoms with Gasteiger partial charge in [0.25, 0.3) is 0 Å². The van der Waals surface area contributed by atoms with E-state index in [0.29, 0.717) is 5.92 Å². The van der Waals surface area contributed by atoms with Crippen LogP contribution < -0.4 is 5.73 Å². The fourth-order valence-corrected chi connectivity index (χ4v) is 3.44. The lowest BCUT2D eigenvalue weighted by atomic mass is 9.81. The first-order valence-corrected chi connectivity index (χ1v) is 6.54. The van der Waals surface area contributed by atoms with Crippen LogP contribution in [0.4, 0.5) is 0 Å². The van der Waals surface area contributed by atoms with Crippen molar-refractivity contribution in [2.45, 2.75) is 51.4 Å². The lowest BCUT2D eigenvalue weighted by Gasteiger charge is -2.30. The van der Waals surface area contributed by atoms with Gasteiger partial charge in [0.15, 0.2) is 0 Å². The van der Waals surface area contributed by atoms with E-state index in [-0.39, 0.29) is 17.2 Å². The molecular formula is C12H20N2OS. The van der Waals surface area contributed by atoms with Gasteiger partial charge in [-0.05, 0) is 34.1 Å². The summed E-state index contributed by atoms with van der Waals surface area (Å²) in [7, 11) is 0. The molecule has 0 spiro atoms. The van der Waals surface area contributed by atoms with Gasteiger partial charge in [0.05, 0.1) is 16.7 Å². The van der Waals surface area contributed by atoms with Gasteiger partial charge in [-0.15, -0.1) is 11.3 Å². The van der Waals surface area contributed by atoms with Crippen molar-refractivity contribution in [3.63, 3.8) is 0 Å². The molecule has 2 unspecified atom stereocenters. The number of hydrogen-bond acceptors (Lipinski definition) is 4. The molecule has 90 valence electrons. The van der Waals surface area contributed by atoms with Crippen molar-refractivity contribution < 1.29 is 4.74 Å². The third kappa shape index (κ3) is 2.14. The molecular weight excluding hydrogens is 220 g/mol. The summed E-state index contributed by atoms with van der Waals surface area (Å²) in [5.41, 5.74) is 7.94. The number of nitrogens with two attached hydrogens (primary N) is 1. The van der Waals surface area contributed by atoms with E-state index in [1.807, 2.05) is 11.7 Å². The van der Waals surface area contributed by atoms with Crippen molar-refractivity contribution in [2.75, 3.05) is 0 Å². The van der Waals surface area contributed by atoms with Crippen LogP contribution >= 0.6 is 11.3 Å².